The minimum absolute atomic E-state index is 0.0537. The maximum Gasteiger partial charge on any atom is 0.254 e. The molecule has 1 fully saturated rings. The Balaban J connectivity index is 2.21. The van der Waals surface area contributed by atoms with Crippen LogP contribution in [0.1, 0.15) is 56.3 Å². The Morgan fingerprint density at radius 1 is 1.27 bits per heavy atom. The number of carbonyl (C=O) groups excluding carboxylic acids is 2. The molecule has 0 atom stereocenters. The summed E-state index contributed by atoms with van der Waals surface area (Å²) < 4.78 is 13.7. The molecule has 22 heavy (non-hydrogen) atoms. The molecule has 0 aromatic heterocycles. The van der Waals surface area contributed by atoms with Crippen molar-refractivity contribution >= 4 is 17.5 Å². The molecule has 120 valence electrons. The third-order valence-electron chi connectivity index (χ3n) is 4.14. The molecule has 1 aromatic rings. The van der Waals surface area contributed by atoms with Crippen molar-refractivity contribution < 1.29 is 14.0 Å². The Morgan fingerprint density at radius 3 is 2.55 bits per heavy atom. The summed E-state index contributed by atoms with van der Waals surface area (Å²) in [7, 11) is 0. The molecule has 0 radical (unpaired) electrons. The van der Waals surface area contributed by atoms with Crippen molar-refractivity contribution in [2.24, 2.45) is 0 Å². The highest BCUT2D eigenvalue weighted by Gasteiger charge is 2.25. The minimum atomic E-state index is -0.535. The zero-order chi connectivity index (χ0) is 16.1. The summed E-state index contributed by atoms with van der Waals surface area (Å²) in [5.41, 5.74) is 0.468. The first kappa shape index (κ1) is 16.5. The third-order valence-corrected chi connectivity index (χ3v) is 4.14. The maximum atomic E-state index is 13.7. The molecule has 5 heteroatoms. The molecular formula is C17H23FN2O2. The SMILES string of the molecule is CCN(C(=O)c1ccc(F)c(NC(C)=O)c1)C1CCCCC1. The molecule has 0 spiro atoms. The minimum Gasteiger partial charge on any atom is -0.336 e. The molecular weight excluding hydrogens is 283 g/mol. The molecule has 2 amide bonds. The summed E-state index contributed by atoms with van der Waals surface area (Å²) in [5.74, 6) is -0.989. The first-order chi connectivity index (χ1) is 10.5. The number of hydrogen-bond acceptors (Lipinski definition) is 2. The Morgan fingerprint density at radius 2 is 1.95 bits per heavy atom. The van der Waals surface area contributed by atoms with Crippen molar-refractivity contribution in [1.82, 2.24) is 4.90 Å². The largest absolute Gasteiger partial charge is 0.336 e. The number of carbonyl (C=O) groups is 2. The summed E-state index contributed by atoms with van der Waals surface area (Å²) in [6.07, 6.45) is 5.58. The van der Waals surface area contributed by atoms with Crippen molar-refractivity contribution in [3.63, 3.8) is 0 Å². The number of anilines is 1. The number of halogens is 1. The van der Waals surface area contributed by atoms with Gasteiger partial charge in [0.05, 0.1) is 5.69 Å². The van der Waals surface area contributed by atoms with Crippen LogP contribution in [0.5, 0.6) is 0 Å². The molecule has 0 unspecified atom stereocenters. The Bertz CT molecular complexity index is 554. The fourth-order valence-corrected chi connectivity index (χ4v) is 3.07. The number of nitrogens with zero attached hydrogens (tertiary/aromatic N) is 1. The van der Waals surface area contributed by atoms with Gasteiger partial charge in [0, 0.05) is 25.1 Å². The van der Waals surface area contributed by atoms with Gasteiger partial charge in [0.1, 0.15) is 5.82 Å². The van der Waals surface area contributed by atoms with Gasteiger partial charge >= 0.3 is 0 Å². The number of benzene rings is 1. The fraction of sp³-hybridized carbons (Fsp3) is 0.529. The number of rotatable bonds is 4. The van der Waals surface area contributed by atoms with Crippen molar-refractivity contribution in [1.29, 1.82) is 0 Å². The maximum absolute atomic E-state index is 13.7. The van der Waals surface area contributed by atoms with E-state index in [1.807, 2.05) is 11.8 Å². The highest BCUT2D eigenvalue weighted by molar-refractivity contribution is 5.97. The van der Waals surface area contributed by atoms with Gasteiger partial charge in [-0.05, 0) is 38.0 Å². The van der Waals surface area contributed by atoms with Crippen LogP contribution in [-0.2, 0) is 4.79 Å². The lowest BCUT2D eigenvalue weighted by Gasteiger charge is -2.33. The van der Waals surface area contributed by atoms with Crippen molar-refractivity contribution in [3.05, 3.63) is 29.6 Å². The lowest BCUT2D eigenvalue weighted by atomic mass is 9.93. The number of amides is 2. The van der Waals surface area contributed by atoms with Crippen LogP contribution in [0.4, 0.5) is 10.1 Å². The number of nitrogens with one attached hydrogen (secondary N) is 1. The molecule has 2 rings (SSSR count). The van der Waals surface area contributed by atoms with Gasteiger partial charge in [-0.1, -0.05) is 19.3 Å². The highest BCUT2D eigenvalue weighted by atomic mass is 19.1. The van der Waals surface area contributed by atoms with E-state index in [2.05, 4.69) is 5.32 Å². The summed E-state index contributed by atoms with van der Waals surface area (Å²) in [6.45, 7) is 3.91. The van der Waals surface area contributed by atoms with Crippen LogP contribution in [0.25, 0.3) is 0 Å². The lowest BCUT2D eigenvalue weighted by Crippen LogP contribution is -2.41. The predicted molar refractivity (Wildman–Crippen MR) is 84.3 cm³/mol. The summed E-state index contributed by atoms with van der Waals surface area (Å²) in [4.78, 5) is 25.7. The first-order valence-electron chi connectivity index (χ1n) is 7.91. The summed E-state index contributed by atoms with van der Waals surface area (Å²) in [6, 6.07) is 4.40. The zero-order valence-corrected chi connectivity index (χ0v) is 13.2. The van der Waals surface area contributed by atoms with Crippen LogP contribution in [0.3, 0.4) is 0 Å². The second kappa shape index (κ2) is 7.38. The molecule has 0 heterocycles. The monoisotopic (exact) mass is 306 g/mol. The second-order valence-electron chi connectivity index (χ2n) is 5.76. The molecule has 1 aliphatic rings. The van der Waals surface area contributed by atoms with Crippen molar-refractivity contribution in [3.8, 4) is 0 Å². The van der Waals surface area contributed by atoms with Gasteiger partial charge in [-0.15, -0.1) is 0 Å². The molecule has 0 bridgehead atoms. The van der Waals surface area contributed by atoms with E-state index < -0.39 is 5.82 Å². The molecule has 1 aromatic carbocycles. The van der Waals surface area contributed by atoms with Gasteiger partial charge in [0.2, 0.25) is 5.91 Å². The first-order valence-corrected chi connectivity index (χ1v) is 7.91. The van der Waals surface area contributed by atoms with Gasteiger partial charge in [-0.2, -0.15) is 0 Å². The van der Waals surface area contributed by atoms with Gasteiger partial charge in [-0.25, -0.2) is 4.39 Å². The van der Waals surface area contributed by atoms with Crippen LogP contribution in [0, 0.1) is 5.82 Å². The van der Waals surface area contributed by atoms with Gasteiger partial charge in [0.25, 0.3) is 5.91 Å². The van der Waals surface area contributed by atoms with Crippen LogP contribution >= 0.6 is 0 Å². The Labute approximate surface area is 130 Å². The zero-order valence-electron chi connectivity index (χ0n) is 13.2. The van der Waals surface area contributed by atoms with Crippen LogP contribution in [0.2, 0.25) is 0 Å². The molecule has 1 saturated carbocycles. The summed E-state index contributed by atoms with van der Waals surface area (Å²) in [5, 5.41) is 2.42. The molecule has 1 aliphatic carbocycles. The van der Waals surface area contributed by atoms with Gasteiger partial charge in [-0.3, -0.25) is 9.59 Å². The van der Waals surface area contributed by atoms with E-state index >= 15 is 0 Å². The number of hydrogen-bond donors (Lipinski definition) is 1. The second-order valence-corrected chi connectivity index (χ2v) is 5.76. The smallest absolute Gasteiger partial charge is 0.254 e. The van der Waals surface area contributed by atoms with Gasteiger partial charge < -0.3 is 10.2 Å². The average Bonchev–Trinajstić information content (AvgIpc) is 2.50. The lowest BCUT2D eigenvalue weighted by molar-refractivity contribution is -0.114. The van der Waals surface area contributed by atoms with E-state index in [4.69, 9.17) is 0 Å². The average molecular weight is 306 g/mol. The van der Waals surface area contributed by atoms with Crippen LogP contribution in [0.15, 0.2) is 18.2 Å². The topological polar surface area (TPSA) is 49.4 Å². The quantitative estimate of drug-likeness (QED) is 0.924. The van der Waals surface area contributed by atoms with E-state index in [1.54, 1.807) is 0 Å². The standard InChI is InChI=1S/C17H23FN2O2/c1-3-20(14-7-5-4-6-8-14)17(22)13-9-10-15(18)16(11-13)19-12(2)21/h9-11,14H,3-8H2,1-2H3,(H,19,21). The fourth-order valence-electron chi connectivity index (χ4n) is 3.07. The summed E-state index contributed by atoms with van der Waals surface area (Å²) >= 11 is 0. The van der Waals surface area contributed by atoms with Gasteiger partial charge in [0.15, 0.2) is 0 Å². The third kappa shape index (κ3) is 3.84. The molecule has 0 aliphatic heterocycles. The van der Waals surface area contributed by atoms with E-state index in [0.717, 1.165) is 25.7 Å². The van der Waals surface area contributed by atoms with E-state index in [9.17, 15) is 14.0 Å². The van der Waals surface area contributed by atoms with E-state index in [0.29, 0.717) is 12.1 Å². The highest BCUT2D eigenvalue weighted by Crippen LogP contribution is 2.25. The molecule has 1 N–H and O–H groups in total. The predicted octanol–water partition coefficient (Wildman–Crippen LogP) is 3.58. The van der Waals surface area contributed by atoms with Crippen LogP contribution in [-0.4, -0.2) is 29.3 Å². The molecule has 0 saturated heterocycles. The van der Waals surface area contributed by atoms with Crippen molar-refractivity contribution in [2.45, 2.75) is 52.0 Å². The Hall–Kier alpha value is -1.91. The molecule has 4 nitrogen and oxygen atoms in total. The van der Waals surface area contributed by atoms with Crippen molar-refractivity contribution in [2.75, 3.05) is 11.9 Å². The van der Waals surface area contributed by atoms with E-state index in [1.165, 1.54) is 31.5 Å². The normalized spacial score (nSPS) is 15.4. The van der Waals surface area contributed by atoms with E-state index in [-0.39, 0.29) is 23.5 Å². The van der Waals surface area contributed by atoms with Crippen LogP contribution < -0.4 is 5.32 Å². The Kier molecular flexibility index (Phi) is 5.52.